The van der Waals surface area contributed by atoms with E-state index in [-0.39, 0.29) is 31.1 Å². The van der Waals surface area contributed by atoms with Crippen molar-refractivity contribution in [3.05, 3.63) is 36.5 Å². The van der Waals surface area contributed by atoms with Crippen LogP contribution in [-0.2, 0) is 28.6 Å². The van der Waals surface area contributed by atoms with Gasteiger partial charge in [-0.05, 0) is 51.4 Å². The molecule has 0 fully saturated rings. The predicted molar refractivity (Wildman–Crippen MR) is 298 cm³/mol. The van der Waals surface area contributed by atoms with Crippen molar-refractivity contribution in [1.82, 2.24) is 0 Å². The van der Waals surface area contributed by atoms with Crippen molar-refractivity contribution < 1.29 is 28.6 Å². The molecular formula is C63H116O6. The summed E-state index contributed by atoms with van der Waals surface area (Å²) in [6.45, 7) is 6.51. The number of esters is 3. The van der Waals surface area contributed by atoms with Gasteiger partial charge in [-0.1, -0.05) is 295 Å². The van der Waals surface area contributed by atoms with Gasteiger partial charge in [0.05, 0.1) is 0 Å². The molecule has 1 atom stereocenters. The van der Waals surface area contributed by atoms with Gasteiger partial charge >= 0.3 is 17.9 Å². The van der Waals surface area contributed by atoms with Crippen LogP contribution in [0.1, 0.15) is 329 Å². The van der Waals surface area contributed by atoms with Crippen LogP contribution in [0.4, 0.5) is 0 Å². The van der Waals surface area contributed by atoms with Crippen molar-refractivity contribution >= 4 is 17.9 Å². The minimum atomic E-state index is -0.772. The number of hydrogen-bond acceptors (Lipinski definition) is 6. The smallest absolute Gasteiger partial charge is 0.306 e. The summed E-state index contributed by atoms with van der Waals surface area (Å²) in [6, 6.07) is 0. The second-order valence-electron chi connectivity index (χ2n) is 20.6. The van der Waals surface area contributed by atoms with Crippen LogP contribution in [0.2, 0.25) is 0 Å². The highest BCUT2D eigenvalue weighted by atomic mass is 16.6. The second kappa shape index (κ2) is 58.2. The van der Waals surface area contributed by atoms with Gasteiger partial charge in [0.2, 0.25) is 0 Å². The molecule has 404 valence electrons. The van der Waals surface area contributed by atoms with Gasteiger partial charge in [-0.2, -0.15) is 0 Å². The monoisotopic (exact) mass is 969 g/mol. The van der Waals surface area contributed by atoms with E-state index in [0.717, 1.165) is 83.5 Å². The molecule has 0 aromatic heterocycles. The highest BCUT2D eigenvalue weighted by molar-refractivity contribution is 5.71. The van der Waals surface area contributed by atoms with E-state index in [1.54, 1.807) is 0 Å². The molecule has 0 amide bonds. The zero-order valence-electron chi connectivity index (χ0n) is 46.3. The first-order chi connectivity index (χ1) is 34.0. The lowest BCUT2D eigenvalue weighted by atomic mass is 10.0. The summed E-state index contributed by atoms with van der Waals surface area (Å²) in [6.07, 6.45) is 70.5. The van der Waals surface area contributed by atoms with E-state index in [2.05, 4.69) is 57.2 Å². The van der Waals surface area contributed by atoms with Gasteiger partial charge < -0.3 is 14.2 Å². The van der Waals surface area contributed by atoms with Crippen molar-refractivity contribution in [2.75, 3.05) is 13.2 Å². The van der Waals surface area contributed by atoms with Crippen molar-refractivity contribution in [2.24, 2.45) is 0 Å². The number of ether oxygens (including phenoxy) is 3. The molecule has 0 radical (unpaired) electrons. The number of rotatable bonds is 56. The first-order valence-corrected chi connectivity index (χ1v) is 30.5. The van der Waals surface area contributed by atoms with Crippen molar-refractivity contribution in [3.63, 3.8) is 0 Å². The van der Waals surface area contributed by atoms with E-state index in [9.17, 15) is 14.4 Å². The second-order valence-corrected chi connectivity index (χ2v) is 20.6. The summed E-state index contributed by atoms with van der Waals surface area (Å²) >= 11 is 0. The fraction of sp³-hybridized carbons (Fsp3) is 0.857. The largest absolute Gasteiger partial charge is 0.462 e. The Labute approximate surface area is 429 Å². The van der Waals surface area contributed by atoms with Gasteiger partial charge in [-0.15, -0.1) is 0 Å². The predicted octanol–water partition coefficient (Wildman–Crippen LogP) is 20.4. The lowest BCUT2D eigenvalue weighted by molar-refractivity contribution is -0.167. The lowest BCUT2D eigenvalue weighted by Gasteiger charge is -2.18. The summed E-state index contributed by atoms with van der Waals surface area (Å²) in [5.41, 5.74) is 0. The Hall–Kier alpha value is -2.37. The molecule has 0 aromatic rings. The average molecular weight is 970 g/mol. The Morgan fingerprint density at radius 2 is 0.565 bits per heavy atom. The minimum absolute atomic E-state index is 0.0725. The Morgan fingerprint density at radius 1 is 0.304 bits per heavy atom. The summed E-state index contributed by atoms with van der Waals surface area (Å²) in [4.78, 5) is 37.9. The first kappa shape index (κ1) is 66.6. The Bertz CT molecular complexity index is 1160. The topological polar surface area (TPSA) is 78.9 Å². The van der Waals surface area contributed by atoms with Gasteiger partial charge in [0.1, 0.15) is 13.2 Å². The van der Waals surface area contributed by atoms with Crippen LogP contribution in [-0.4, -0.2) is 37.2 Å². The number of carbonyl (C=O) groups excluding carboxylic acids is 3. The third kappa shape index (κ3) is 56.4. The van der Waals surface area contributed by atoms with Crippen LogP contribution in [0.25, 0.3) is 0 Å². The maximum atomic E-state index is 12.8. The maximum Gasteiger partial charge on any atom is 0.306 e. The molecule has 0 N–H and O–H groups in total. The number of unbranched alkanes of at least 4 members (excludes halogenated alkanes) is 39. The molecule has 6 nitrogen and oxygen atoms in total. The van der Waals surface area contributed by atoms with Crippen LogP contribution >= 0.6 is 0 Å². The molecular weight excluding hydrogens is 853 g/mol. The van der Waals surface area contributed by atoms with E-state index >= 15 is 0 Å². The van der Waals surface area contributed by atoms with E-state index < -0.39 is 6.10 Å². The highest BCUT2D eigenvalue weighted by Gasteiger charge is 2.19. The molecule has 0 rings (SSSR count). The van der Waals surface area contributed by atoms with E-state index in [1.165, 1.54) is 205 Å². The molecule has 0 aliphatic heterocycles. The molecule has 0 aliphatic carbocycles. The number of carbonyl (C=O) groups is 3. The number of hydrogen-bond donors (Lipinski definition) is 0. The average Bonchev–Trinajstić information content (AvgIpc) is 3.35. The molecule has 1 unspecified atom stereocenters. The Balaban J connectivity index is 4.00. The summed E-state index contributed by atoms with van der Waals surface area (Å²) in [5, 5.41) is 0. The zero-order valence-corrected chi connectivity index (χ0v) is 46.3. The number of allylic oxidation sites excluding steroid dienone is 6. The van der Waals surface area contributed by atoms with Crippen molar-refractivity contribution in [2.45, 2.75) is 335 Å². The molecule has 0 aliphatic rings. The van der Waals surface area contributed by atoms with Crippen LogP contribution in [0.3, 0.4) is 0 Å². The molecule has 0 saturated heterocycles. The van der Waals surface area contributed by atoms with Crippen molar-refractivity contribution in [3.8, 4) is 0 Å². The summed E-state index contributed by atoms with van der Waals surface area (Å²) in [7, 11) is 0. The third-order valence-corrected chi connectivity index (χ3v) is 13.7. The zero-order chi connectivity index (χ0) is 50.0. The maximum absolute atomic E-state index is 12.8. The molecule has 0 spiro atoms. The third-order valence-electron chi connectivity index (χ3n) is 13.7. The SMILES string of the molecule is CC/C=C\C/C=C\C/C=C\CCCCCCCCCC(=O)OC(COC(=O)CCCCCCCC)COC(=O)CCCCCCCCCCCCCCCCCCCCCCCCCCCCCC. The van der Waals surface area contributed by atoms with Crippen LogP contribution in [0.5, 0.6) is 0 Å². The lowest BCUT2D eigenvalue weighted by Crippen LogP contribution is -2.30. The van der Waals surface area contributed by atoms with Gasteiger partial charge in [-0.3, -0.25) is 14.4 Å². The fourth-order valence-electron chi connectivity index (χ4n) is 9.11. The molecule has 0 saturated carbocycles. The molecule has 6 heteroatoms. The van der Waals surface area contributed by atoms with Crippen LogP contribution in [0, 0.1) is 0 Å². The van der Waals surface area contributed by atoms with Crippen LogP contribution < -0.4 is 0 Å². The molecule has 0 bridgehead atoms. The molecule has 69 heavy (non-hydrogen) atoms. The van der Waals surface area contributed by atoms with Gasteiger partial charge in [0.25, 0.3) is 0 Å². The normalized spacial score (nSPS) is 12.2. The van der Waals surface area contributed by atoms with Gasteiger partial charge in [0.15, 0.2) is 6.10 Å². The minimum Gasteiger partial charge on any atom is -0.462 e. The van der Waals surface area contributed by atoms with Gasteiger partial charge in [-0.25, -0.2) is 0 Å². The van der Waals surface area contributed by atoms with E-state index in [4.69, 9.17) is 14.2 Å². The summed E-state index contributed by atoms with van der Waals surface area (Å²) < 4.78 is 16.8. The fourth-order valence-corrected chi connectivity index (χ4v) is 9.11. The standard InChI is InChI=1S/C63H116O6/c1-4-7-10-13-16-18-20-22-24-26-27-28-29-30-31-32-33-34-35-36-38-39-41-43-45-47-50-53-56-62(65)68-59-60(58-67-61(64)55-52-49-15-12-9-6-3)69-63(66)57-54-51-48-46-44-42-40-37-25-23-21-19-17-14-11-8-5-2/h8,11,17,19,23,25,60H,4-7,9-10,12-16,18,20-22,24,26-59H2,1-3H3/b11-8-,19-17-,25-23-. The quantitative estimate of drug-likeness (QED) is 0.0261. The Kier molecular flexibility index (Phi) is 56.2. The molecule has 0 heterocycles. The molecule has 0 aromatic carbocycles. The van der Waals surface area contributed by atoms with Crippen molar-refractivity contribution in [1.29, 1.82) is 0 Å². The van der Waals surface area contributed by atoms with Crippen LogP contribution in [0.15, 0.2) is 36.5 Å². The Morgan fingerprint density at radius 3 is 0.884 bits per heavy atom. The van der Waals surface area contributed by atoms with E-state index in [0.29, 0.717) is 19.3 Å². The van der Waals surface area contributed by atoms with Gasteiger partial charge in [0, 0.05) is 19.3 Å². The summed E-state index contributed by atoms with van der Waals surface area (Å²) in [5.74, 6) is -0.876. The highest BCUT2D eigenvalue weighted by Crippen LogP contribution is 2.18. The first-order valence-electron chi connectivity index (χ1n) is 30.5. The van der Waals surface area contributed by atoms with E-state index in [1.807, 2.05) is 0 Å².